The number of hydrogen-bond donors (Lipinski definition) is 1. The maximum Gasteiger partial charge on any atom is 0.142 e. The van der Waals surface area contributed by atoms with E-state index in [9.17, 15) is 0 Å². The second-order valence-corrected chi connectivity index (χ2v) is 4.89. The molecule has 0 spiro atoms. The van der Waals surface area contributed by atoms with E-state index in [0.29, 0.717) is 0 Å². The van der Waals surface area contributed by atoms with Gasteiger partial charge in [-0.2, -0.15) is 0 Å². The van der Waals surface area contributed by atoms with E-state index in [0.717, 1.165) is 34.2 Å². The second-order valence-electron chi connectivity index (χ2n) is 4.45. The maximum atomic E-state index is 6.01. The Balaban J connectivity index is 2.06. The zero-order valence-electron chi connectivity index (χ0n) is 9.53. The average molecular weight is 256 g/mol. The third kappa shape index (κ3) is 1.30. The van der Waals surface area contributed by atoms with Crippen LogP contribution in [0.2, 0.25) is 5.02 Å². The van der Waals surface area contributed by atoms with Gasteiger partial charge in [-0.1, -0.05) is 29.8 Å². The normalized spacial score (nSPS) is 12.9. The first-order chi connectivity index (χ1) is 8.83. The molecule has 0 fully saturated rings. The summed E-state index contributed by atoms with van der Waals surface area (Å²) in [5, 5.41) is 5.31. The molecule has 1 aliphatic heterocycles. The number of fused-ring (bicyclic) bond motifs is 5. The molecular weight excluding hydrogens is 246 g/mol. The molecule has 1 N–H and O–H groups in total. The van der Waals surface area contributed by atoms with Gasteiger partial charge >= 0.3 is 0 Å². The molecule has 18 heavy (non-hydrogen) atoms. The summed E-state index contributed by atoms with van der Waals surface area (Å²) in [4.78, 5) is 0. The number of halogens is 1. The van der Waals surface area contributed by atoms with Crippen LogP contribution in [0.25, 0.3) is 22.3 Å². The summed E-state index contributed by atoms with van der Waals surface area (Å²) in [5.74, 6) is 0.960. The summed E-state index contributed by atoms with van der Waals surface area (Å²) in [5.41, 5.74) is 4.28. The highest BCUT2D eigenvalue weighted by Crippen LogP contribution is 2.41. The van der Waals surface area contributed by atoms with Gasteiger partial charge < -0.3 is 9.73 Å². The zero-order valence-corrected chi connectivity index (χ0v) is 10.3. The van der Waals surface area contributed by atoms with Crippen molar-refractivity contribution >= 4 is 28.3 Å². The van der Waals surface area contributed by atoms with Crippen molar-refractivity contribution in [2.75, 3.05) is 5.32 Å². The van der Waals surface area contributed by atoms with Gasteiger partial charge in [0.2, 0.25) is 0 Å². The lowest BCUT2D eigenvalue weighted by atomic mass is 10.0. The Morgan fingerprint density at radius 3 is 2.94 bits per heavy atom. The molecule has 0 aliphatic carbocycles. The molecule has 0 amide bonds. The van der Waals surface area contributed by atoms with Crippen LogP contribution in [0.5, 0.6) is 0 Å². The zero-order chi connectivity index (χ0) is 12.1. The van der Waals surface area contributed by atoms with Crippen LogP contribution in [0.3, 0.4) is 0 Å². The van der Waals surface area contributed by atoms with Gasteiger partial charge in [-0.3, -0.25) is 0 Å². The molecule has 88 valence electrons. The standard InChI is InChI=1S/C15H10ClNO/c16-9-5-6-11-13(7-9)17-8-12-10-3-1-2-4-14(10)18-15(11)12/h1-7,17H,8H2. The molecule has 2 aromatic carbocycles. The molecule has 2 nitrogen and oxygen atoms in total. The second kappa shape index (κ2) is 3.53. The molecule has 2 heterocycles. The molecule has 0 radical (unpaired) electrons. The summed E-state index contributed by atoms with van der Waals surface area (Å²) >= 11 is 6.01. The van der Waals surface area contributed by atoms with Crippen molar-refractivity contribution in [1.82, 2.24) is 0 Å². The number of para-hydroxylation sites is 1. The Morgan fingerprint density at radius 1 is 1.11 bits per heavy atom. The SMILES string of the molecule is Clc1ccc2c(c1)NCc1c-2oc2ccccc12. The van der Waals surface area contributed by atoms with Gasteiger partial charge in [0.05, 0.1) is 0 Å². The molecule has 0 saturated carbocycles. The molecule has 1 aromatic heterocycles. The minimum Gasteiger partial charge on any atom is -0.456 e. The number of furan rings is 1. The van der Waals surface area contributed by atoms with E-state index in [1.54, 1.807) is 0 Å². The molecule has 1 aliphatic rings. The fraction of sp³-hybridized carbons (Fsp3) is 0.0667. The van der Waals surface area contributed by atoms with Crippen molar-refractivity contribution in [1.29, 1.82) is 0 Å². The predicted octanol–water partition coefficient (Wildman–Crippen LogP) is 4.68. The van der Waals surface area contributed by atoms with Crippen LogP contribution in [-0.4, -0.2) is 0 Å². The molecular formula is C15H10ClNO. The molecule has 0 saturated heterocycles. The van der Waals surface area contributed by atoms with E-state index in [-0.39, 0.29) is 0 Å². The Bertz CT molecular complexity index is 760. The van der Waals surface area contributed by atoms with Crippen LogP contribution >= 0.6 is 11.6 Å². The first kappa shape index (κ1) is 10.0. The van der Waals surface area contributed by atoms with Gasteiger partial charge in [0, 0.05) is 33.8 Å². The number of rotatable bonds is 0. The fourth-order valence-corrected chi connectivity index (χ4v) is 2.71. The highest BCUT2D eigenvalue weighted by molar-refractivity contribution is 6.31. The van der Waals surface area contributed by atoms with Crippen molar-refractivity contribution in [3.8, 4) is 11.3 Å². The van der Waals surface area contributed by atoms with Gasteiger partial charge in [-0.05, 0) is 24.3 Å². The Kier molecular flexibility index (Phi) is 1.97. The van der Waals surface area contributed by atoms with Crippen LogP contribution < -0.4 is 5.32 Å². The van der Waals surface area contributed by atoms with Gasteiger partial charge in [0.15, 0.2) is 0 Å². The summed E-state index contributed by atoms with van der Waals surface area (Å²) in [6.45, 7) is 0.777. The largest absolute Gasteiger partial charge is 0.456 e. The lowest BCUT2D eigenvalue weighted by Gasteiger charge is -2.17. The van der Waals surface area contributed by atoms with E-state index < -0.39 is 0 Å². The molecule has 3 aromatic rings. The van der Waals surface area contributed by atoms with Crippen molar-refractivity contribution in [3.63, 3.8) is 0 Å². The van der Waals surface area contributed by atoms with E-state index in [1.807, 2.05) is 36.4 Å². The highest BCUT2D eigenvalue weighted by Gasteiger charge is 2.22. The summed E-state index contributed by atoms with van der Waals surface area (Å²) in [6, 6.07) is 14.0. The minimum atomic E-state index is 0.737. The molecule has 0 bridgehead atoms. The number of hydrogen-bond acceptors (Lipinski definition) is 2. The maximum absolute atomic E-state index is 6.01. The van der Waals surface area contributed by atoms with Crippen LogP contribution in [-0.2, 0) is 6.54 Å². The Labute approximate surface area is 109 Å². The predicted molar refractivity (Wildman–Crippen MR) is 74.0 cm³/mol. The lowest BCUT2D eigenvalue weighted by Crippen LogP contribution is -2.06. The van der Waals surface area contributed by atoms with Crippen LogP contribution in [0.1, 0.15) is 5.56 Å². The van der Waals surface area contributed by atoms with Crippen molar-refractivity contribution in [2.24, 2.45) is 0 Å². The summed E-state index contributed by atoms with van der Waals surface area (Å²) in [7, 11) is 0. The lowest BCUT2D eigenvalue weighted by molar-refractivity contribution is 0.626. The average Bonchev–Trinajstić information content (AvgIpc) is 2.77. The van der Waals surface area contributed by atoms with Crippen molar-refractivity contribution in [3.05, 3.63) is 53.1 Å². The molecule has 0 unspecified atom stereocenters. The van der Waals surface area contributed by atoms with Crippen LogP contribution in [0.15, 0.2) is 46.9 Å². The number of benzene rings is 2. The molecule has 0 atom stereocenters. The first-order valence-electron chi connectivity index (χ1n) is 5.87. The molecule has 4 rings (SSSR count). The quantitative estimate of drug-likeness (QED) is 0.631. The monoisotopic (exact) mass is 255 g/mol. The summed E-state index contributed by atoms with van der Waals surface area (Å²) < 4.78 is 5.97. The first-order valence-corrected chi connectivity index (χ1v) is 6.25. The third-order valence-corrected chi connectivity index (χ3v) is 3.62. The van der Waals surface area contributed by atoms with E-state index >= 15 is 0 Å². The minimum absolute atomic E-state index is 0.737. The van der Waals surface area contributed by atoms with Crippen molar-refractivity contribution < 1.29 is 4.42 Å². The third-order valence-electron chi connectivity index (χ3n) is 3.38. The smallest absolute Gasteiger partial charge is 0.142 e. The fourth-order valence-electron chi connectivity index (χ4n) is 2.54. The number of nitrogens with one attached hydrogen (secondary N) is 1. The van der Waals surface area contributed by atoms with Gasteiger partial charge in [0.1, 0.15) is 11.3 Å². The highest BCUT2D eigenvalue weighted by atomic mass is 35.5. The van der Waals surface area contributed by atoms with E-state index in [1.165, 1.54) is 10.9 Å². The number of anilines is 1. The Hall–Kier alpha value is -1.93. The molecule has 3 heteroatoms. The van der Waals surface area contributed by atoms with Gasteiger partial charge in [0.25, 0.3) is 0 Å². The van der Waals surface area contributed by atoms with Gasteiger partial charge in [-0.25, -0.2) is 0 Å². The van der Waals surface area contributed by atoms with Crippen molar-refractivity contribution in [2.45, 2.75) is 6.54 Å². The van der Waals surface area contributed by atoms with Crippen LogP contribution in [0, 0.1) is 0 Å². The summed E-state index contributed by atoms with van der Waals surface area (Å²) in [6.07, 6.45) is 0. The van der Waals surface area contributed by atoms with Crippen LogP contribution in [0.4, 0.5) is 5.69 Å². The van der Waals surface area contributed by atoms with Gasteiger partial charge in [-0.15, -0.1) is 0 Å². The van der Waals surface area contributed by atoms with E-state index in [2.05, 4.69) is 11.4 Å². The van der Waals surface area contributed by atoms with E-state index in [4.69, 9.17) is 16.0 Å². The topological polar surface area (TPSA) is 25.2 Å². The Morgan fingerprint density at radius 2 is 2.00 bits per heavy atom.